The lowest BCUT2D eigenvalue weighted by Gasteiger charge is -2.32. The quantitative estimate of drug-likeness (QED) is 0.764. The molecule has 0 unspecified atom stereocenters. The van der Waals surface area contributed by atoms with Crippen molar-refractivity contribution in [1.29, 1.82) is 0 Å². The van der Waals surface area contributed by atoms with Gasteiger partial charge in [-0.2, -0.15) is 0 Å². The second-order valence-corrected chi connectivity index (χ2v) is 7.02. The molecule has 0 aromatic carbocycles. The zero-order chi connectivity index (χ0) is 14.5. The molecule has 0 saturated carbocycles. The van der Waals surface area contributed by atoms with E-state index in [1.165, 1.54) is 25.9 Å². The molecule has 4 nitrogen and oxygen atoms in total. The maximum atomic E-state index is 12.2. The first-order chi connectivity index (χ1) is 9.54. The van der Waals surface area contributed by atoms with Crippen molar-refractivity contribution in [2.75, 3.05) is 52.9 Å². The van der Waals surface area contributed by atoms with Crippen molar-refractivity contribution in [2.45, 2.75) is 33.1 Å². The maximum Gasteiger partial charge on any atom is 0.223 e. The lowest BCUT2D eigenvalue weighted by Crippen LogP contribution is -2.47. The first-order valence-corrected chi connectivity index (χ1v) is 8.23. The van der Waals surface area contributed by atoms with Gasteiger partial charge in [0.05, 0.1) is 0 Å². The Morgan fingerprint density at radius 2 is 1.85 bits per heavy atom. The van der Waals surface area contributed by atoms with Crippen molar-refractivity contribution in [3.8, 4) is 0 Å². The summed E-state index contributed by atoms with van der Waals surface area (Å²) in [6.07, 6.45) is 3.36. The summed E-state index contributed by atoms with van der Waals surface area (Å²) in [6.45, 7) is 11.8. The minimum absolute atomic E-state index is 0.352. The molecule has 0 aliphatic carbocycles. The summed E-state index contributed by atoms with van der Waals surface area (Å²) < 4.78 is 0. The van der Waals surface area contributed by atoms with Gasteiger partial charge in [-0.1, -0.05) is 13.8 Å². The molecule has 2 rings (SSSR count). The molecule has 20 heavy (non-hydrogen) atoms. The standard InChI is InChI=1S/C16H31N3O/c1-14(2)12-15-4-6-18(13-15)7-5-16(20)19-10-8-17(3)9-11-19/h14-15H,4-13H2,1-3H3/t15-/m0/s1. The second kappa shape index (κ2) is 7.41. The van der Waals surface area contributed by atoms with Crippen LogP contribution in [0.4, 0.5) is 0 Å². The molecule has 0 N–H and O–H groups in total. The molecule has 1 atom stereocenters. The van der Waals surface area contributed by atoms with Crippen molar-refractivity contribution in [3.05, 3.63) is 0 Å². The lowest BCUT2D eigenvalue weighted by molar-refractivity contribution is -0.133. The summed E-state index contributed by atoms with van der Waals surface area (Å²) in [4.78, 5) is 19.0. The Morgan fingerprint density at radius 1 is 1.15 bits per heavy atom. The third-order valence-corrected chi connectivity index (χ3v) is 4.67. The van der Waals surface area contributed by atoms with Gasteiger partial charge >= 0.3 is 0 Å². The van der Waals surface area contributed by atoms with E-state index in [0.717, 1.165) is 44.6 Å². The van der Waals surface area contributed by atoms with E-state index in [4.69, 9.17) is 0 Å². The number of amides is 1. The molecule has 1 amide bonds. The Bertz CT molecular complexity index is 311. The summed E-state index contributed by atoms with van der Waals surface area (Å²) >= 11 is 0. The number of likely N-dealkylation sites (N-methyl/N-ethyl adjacent to an activating group) is 1. The number of hydrogen-bond donors (Lipinski definition) is 0. The summed E-state index contributed by atoms with van der Waals surface area (Å²) in [5.41, 5.74) is 0. The summed E-state index contributed by atoms with van der Waals surface area (Å²) in [5.74, 6) is 2.01. The average molecular weight is 281 g/mol. The topological polar surface area (TPSA) is 26.8 Å². The van der Waals surface area contributed by atoms with E-state index >= 15 is 0 Å². The number of hydrogen-bond acceptors (Lipinski definition) is 3. The van der Waals surface area contributed by atoms with E-state index in [0.29, 0.717) is 12.3 Å². The maximum absolute atomic E-state index is 12.2. The molecular formula is C16H31N3O. The van der Waals surface area contributed by atoms with Gasteiger partial charge in [-0.3, -0.25) is 4.79 Å². The highest BCUT2D eigenvalue weighted by Gasteiger charge is 2.24. The van der Waals surface area contributed by atoms with Crippen LogP contribution in [0.15, 0.2) is 0 Å². The predicted molar refractivity (Wildman–Crippen MR) is 82.7 cm³/mol. The van der Waals surface area contributed by atoms with Crippen LogP contribution in [-0.2, 0) is 4.79 Å². The van der Waals surface area contributed by atoms with Crippen molar-refractivity contribution in [3.63, 3.8) is 0 Å². The van der Waals surface area contributed by atoms with Crippen molar-refractivity contribution < 1.29 is 4.79 Å². The van der Waals surface area contributed by atoms with Gasteiger partial charge in [-0.25, -0.2) is 0 Å². The normalized spacial score (nSPS) is 25.6. The van der Waals surface area contributed by atoms with E-state index < -0.39 is 0 Å². The Balaban J connectivity index is 1.64. The van der Waals surface area contributed by atoms with Crippen LogP contribution in [-0.4, -0.2) is 73.5 Å². The molecule has 0 radical (unpaired) electrons. The van der Waals surface area contributed by atoms with Gasteiger partial charge in [0.2, 0.25) is 5.91 Å². The Hall–Kier alpha value is -0.610. The minimum Gasteiger partial charge on any atom is -0.340 e. The first kappa shape index (κ1) is 15.8. The van der Waals surface area contributed by atoms with Crippen LogP contribution < -0.4 is 0 Å². The van der Waals surface area contributed by atoms with Crippen LogP contribution in [0.3, 0.4) is 0 Å². The van der Waals surface area contributed by atoms with Gasteiger partial charge < -0.3 is 14.7 Å². The van der Waals surface area contributed by atoms with Gasteiger partial charge in [-0.05, 0) is 38.3 Å². The van der Waals surface area contributed by atoms with Crippen LogP contribution in [0.1, 0.15) is 33.1 Å². The number of nitrogens with zero attached hydrogens (tertiary/aromatic N) is 3. The Morgan fingerprint density at radius 3 is 2.50 bits per heavy atom. The van der Waals surface area contributed by atoms with Crippen molar-refractivity contribution in [2.24, 2.45) is 11.8 Å². The monoisotopic (exact) mass is 281 g/mol. The second-order valence-electron chi connectivity index (χ2n) is 7.02. The Kier molecular flexibility index (Phi) is 5.85. The van der Waals surface area contributed by atoms with E-state index in [1.54, 1.807) is 0 Å². The van der Waals surface area contributed by atoms with Crippen molar-refractivity contribution >= 4 is 5.91 Å². The van der Waals surface area contributed by atoms with Gasteiger partial charge in [0.25, 0.3) is 0 Å². The van der Waals surface area contributed by atoms with Gasteiger partial charge in [0.1, 0.15) is 0 Å². The molecule has 0 aromatic heterocycles. The van der Waals surface area contributed by atoms with Gasteiger partial charge in [-0.15, -0.1) is 0 Å². The van der Waals surface area contributed by atoms with E-state index in [1.807, 2.05) is 4.90 Å². The van der Waals surface area contributed by atoms with Crippen LogP contribution in [0.5, 0.6) is 0 Å². The highest BCUT2D eigenvalue weighted by molar-refractivity contribution is 5.76. The highest BCUT2D eigenvalue weighted by atomic mass is 16.2. The molecule has 2 aliphatic heterocycles. The molecule has 2 fully saturated rings. The number of likely N-dealkylation sites (tertiary alicyclic amines) is 1. The van der Waals surface area contributed by atoms with E-state index in [9.17, 15) is 4.79 Å². The molecule has 4 heteroatoms. The molecule has 0 bridgehead atoms. The molecule has 2 aliphatic rings. The highest BCUT2D eigenvalue weighted by Crippen LogP contribution is 2.23. The zero-order valence-corrected chi connectivity index (χ0v) is 13.5. The Labute approximate surface area is 124 Å². The van der Waals surface area contributed by atoms with Gasteiger partial charge in [0, 0.05) is 45.7 Å². The van der Waals surface area contributed by atoms with Crippen molar-refractivity contribution in [1.82, 2.24) is 14.7 Å². The third kappa shape index (κ3) is 4.74. The SMILES string of the molecule is CC(C)C[C@@H]1CCN(CCC(=O)N2CCN(C)CC2)C1. The molecule has 0 spiro atoms. The fraction of sp³-hybridized carbons (Fsp3) is 0.938. The zero-order valence-electron chi connectivity index (χ0n) is 13.5. The predicted octanol–water partition coefficient (Wildman–Crippen LogP) is 1.52. The molecule has 116 valence electrons. The third-order valence-electron chi connectivity index (χ3n) is 4.67. The fourth-order valence-corrected chi connectivity index (χ4v) is 3.44. The summed E-state index contributed by atoms with van der Waals surface area (Å²) in [5, 5.41) is 0. The van der Waals surface area contributed by atoms with Crippen LogP contribution in [0.2, 0.25) is 0 Å². The molecule has 2 heterocycles. The van der Waals surface area contributed by atoms with Gasteiger partial charge in [0.15, 0.2) is 0 Å². The van der Waals surface area contributed by atoms with Crippen LogP contribution in [0, 0.1) is 11.8 Å². The first-order valence-electron chi connectivity index (χ1n) is 8.23. The molecule has 2 saturated heterocycles. The van der Waals surface area contributed by atoms with Crippen LogP contribution in [0.25, 0.3) is 0 Å². The smallest absolute Gasteiger partial charge is 0.223 e. The van der Waals surface area contributed by atoms with Crippen LogP contribution >= 0.6 is 0 Å². The summed E-state index contributed by atoms with van der Waals surface area (Å²) in [6, 6.07) is 0. The number of carbonyl (C=O) groups excluding carboxylic acids is 1. The lowest BCUT2D eigenvalue weighted by atomic mass is 9.97. The summed E-state index contributed by atoms with van der Waals surface area (Å²) in [7, 11) is 2.13. The molecular weight excluding hydrogens is 250 g/mol. The number of carbonyl (C=O) groups is 1. The fourth-order valence-electron chi connectivity index (χ4n) is 3.44. The minimum atomic E-state index is 0.352. The average Bonchev–Trinajstić information content (AvgIpc) is 2.83. The number of rotatable bonds is 5. The van der Waals surface area contributed by atoms with E-state index in [-0.39, 0.29) is 0 Å². The van der Waals surface area contributed by atoms with E-state index in [2.05, 4.69) is 30.7 Å². The largest absolute Gasteiger partial charge is 0.340 e. The molecule has 0 aromatic rings. The number of piperazine rings is 1.